The molecule has 1 aliphatic carbocycles. The van der Waals surface area contributed by atoms with E-state index in [-0.39, 0.29) is 0 Å². The van der Waals surface area contributed by atoms with Crippen LogP contribution in [0.4, 0.5) is 0 Å². The Kier molecular flexibility index (Phi) is 4.45. The highest BCUT2D eigenvalue weighted by molar-refractivity contribution is 5.59. The van der Waals surface area contributed by atoms with E-state index in [9.17, 15) is 0 Å². The number of fused-ring (bicyclic) bond motifs is 1. The fraction of sp³-hybridized carbons (Fsp3) is 0.429. The minimum Gasteiger partial charge on any atom is -0.0836 e. The van der Waals surface area contributed by atoms with Crippen LogP contribution in [0.3, 0.4) is 0 Å². The molecule has 1 aliphatic rings. The van der Waals surface area contributed by atoms with Crippen molar-refractivity contribution < 1.29 is 0 Å². The van der Waals surface area contributed by atoms with Crippen LogP contribution >= 0.6 is 0 Å². The summed E-state index contributed by atoms with van der Waals surface area (Å²) in [5.74, 6) is 0. The van der Waals surface area contributed by atoms with Gasteiger partial charge in [-0.05, 0) is 36.5 Å². The summed E-state index contributed by atoms with van der Waals surface area (Å²) < 4.78 is 0. The quantitative estimate of drug-likeness (QED) is 0.567. The zero-order valence-corrected chi connectivity index (χ0v) is 9.51. The Bertz CT molecular complexity index is 308. The fourth-order valence-corrected chi connectivity index (χ4v) is 1.64. The summed E-state index contributed by atoms with van der Waals surface area (Å²) >= 11 is 0. The summed E-state index contributed by atoms with van der Waals surface area (Å²) in [6.45, 7) is 6.43. The monoisotopic (exact) mass is 188 g/mol. The predicted octanol–water partition coefficient (Wildman–Crippen LogP) is 4.37. The highest BCUT2D eigenvalue weighted by Crippen LogP contribution is 2.21. The molecule has 0 aromatic heterocycles. The van der Waals surface area contributed by atoms with E-state index in [1.165, 1.54) is 36.0 Å². The Morgan fingerprint density at radius 1 is 1.21 bits per heavy atom. The lowest BCUT2D eigenvalue weighted by atomic mass is 9.94. The van der Waals surface area contributed by atoms with Crippen LogP contribution in [-0.2, 0) is 6.42 Å². The minimum atomic E-state index is 1.20. The van der Waals surface area contributed by atoms with Crippen LogP contribution in [0.1, 0.15) is 43.4 Å². The summed E-state index contributed by atoms with van der Waals surface area (Å²) in [4.78, 5) is 0. The largest absolute Gasteiger partial charge is 0.0836 e. The van der Waals surface area contributed by atoms with Crippen molar-refractivity contribution in [3.8, 4) is 0 Å². The third-order valence-corrected chi connectivity index (χ3v) is 2.28. The molecule has 0 heteroatoms. The van der Waals surface area contributed by atoms with E-state index in [4.69, 9.17) is 0 Å². The van der Waals surface area contributed by atoms with E-state index in [2.05, 4.69) is 51.1 Å². The summed E-state index contributed by atoms with van der Waals surface area (Å²) in [5, 5.41) is 0. The molecule has 76 valence electrons. The predicted molar refractivity (Wildman–Crippen MR) is 64.5 cm³/mol. The lowest BCUT2D eigenvalue weighted by Crippen LogP contribution is -1.95. The second-order valence-corrected chi connectivity index (χ2v) is 3.80. The maximum atomic E-state index is 2.26. The molecule has 0 amide bonds. The normalized spacial score (nSPS) is 12.8. The molecule has 0 nitrogen and oxygen atoms in total. The van der Waals surface area contributed by atoms with E-state index >= 15 is 0 Å². The maximum absolute atomic E-state index is 2.26. The molecule has 0 unspecified atom stereocenters. The molecule has 0 N–H and O–H groups in total. The smallest absolute Gasteiger partial charge is 0.0198 e. The molecule has 2 rings (SSSR count). The van der Waals surface area contributed by atoms with Gasteiger partial charge in [0.05, 0.1) is 0 Å². The molecular weight excluding hydrogens is 168 g/mol. The molecule has 0 saturated heterocycles. The second kappa shape index (κ2) is 5.64. The van der Waals surface area contributed by atoms with Crippen molar-refractivity contribution in [3.63, 3.8) is 0 Å². The molecule has 1 aromatic carbocycles. The van der Waals surface area contributed by atoms with Crippen molar-refractivity contribution in [3.05, 3.63) is 41.0 Å². The molecule has 0 saturated carbocycles. The SMILES string of the molecule is CCC.Cc1cccc2c1C=CCC2. The van der Waals surface area contributed by atoms with Gasteiger partial charge in [0.25, 0.3) is 0 Å². The zero-order chi connectivity index (χ0) is 10.4. The summed E-state index contributed by atoms with van der Waals surface area (Å²) in [7, 11) is 0. The number of allylic oxidation sites excluding steroid dienone is 1. The second-order valence-electron chi connectivity index (χ2n) is 3.80. The van der Waals surface area contributed by atoms with Gasteiger partial charge in [0.15, 0.2) is 0 Å². The fourth-order valence-electron chi connectivity index (χ4n) is 1.64. The van der Waals surface area contributed by atoms with Gasteiger partial charge in [0, 0.05) is 0 Å². The van der Waals surface area contributed by atoms with E-state index < -0.39 is 0 Å². The third-order valence-electron chi connectivity index (χ3n) is 2.28. The van der Waals surface area contributed by atoms with Crippen LogP contribution in [0.2, 0.25) is 0 Å². The minimum absolute atomic E-state index is 1.20. The summed E-state index contributed by atoms with van der Waals surface area (Å²) in [5.41, 5.74) is 4.35. The van der Waals surface area contributed by atoms with E-state index in [0.717, 1.165) is 0 Å². The topological polar surface area (TPSA) is 0 Å². The van der Waals surface area contributed by atoms with Crippen molar-refractivity contribution in [2.75, 3.05) is 0 Å². The first-order chi connectivity index (χ1) is 6.79. The molecule has 0 fully saturated rings. The van der Waals surface area contributed by atoms with E-state index in [0.29, 0.717) is 0 Å². The van der Waals surface area contributed by atoms with Crippen molar-refractivity contribution in [2.24, 2.45) is 0 Å². The first-order valence-corrected chi connectivity index (χ1v) is 5.54. The number of hydrogen-bond donors (Lipinski definition) is 0. The molecule has 0 heterocycles. The van der Waals surface area contributed by atoms with Gasteiger partial charge in [-0.3, -0.25) is 0 Å². The van der Waals surface area contributed by atoms with Gasteiger partial charge in [0.1, 0.15) is 0 Å². The van der Waals surface area contributed by atoms with Gasteiger partial charge in [-0.1, -0.05) is 50.6 Å². The molecule has 0 radical (unpaired) electrons. The van der Waals surface area contributed by atoms with Gasteiger partial charge in [-0.15, -0.1) is 0 Å². The van der Waals surface area contributed by atoms with Crippen molar-refractivity contribution in [2.45, 2.75) is 40.0 Å². The van der Waals surface area contributed by atoms with Crippen LogP contribution in [0.15, 0.2) is 24.3 Å². The Labute approximate surface area is 87.7 Å². The Morgan fingerprint density at radius 2 is 1.93 bits per heavy atom. The van der Waals surface area contributed by atoms with Crippen LogP contribution in [0.5, 0.6) is 0 Å². The highest BCUT2D eigenvalue weighted by Gasteiger charge is 2.04. The Hall–Kier alpha value is -1.04. The van der Waals surface area contributed by atoms with Crippen LogP contribution in [0.25, 0.3) is 6.08 Å². The van der Waals surface area contributed by atoms with Crippen LogP contribution in [-0.4, -0.2) is 0 Å². The van der Waals surface area contributed by atoms with Gasteiger partial charge < -0.3 is 0 Å². The lowest BCUT2D eigenvalue weighted by molar-refractivity contribution is 0.981. The molecular formula is C14H20. The van der Waals surface area contributed by atoms with E-state index in [1.807, 2.05) is 0 Å². The summed E-state index contributed by atoms with van der Waals surface area (Å²) in [6.07, 6.45) is 8.17. The van der Waals surface area contributed by atoms with Gasteiger partial charge in [-0.25, -0.2) is 0 Å². The average molecular weight is 188 g/mol. The number of benzene rings is 1. The number of rotatable bonds is 0. The number of aryl methyl sites for hydroxylation is 2. The third kappa shape index (κ3) is 2.73. The zero-order valence-electron chi connectivity index (χ0n) is 9.51. The first kappa shape index (κ1) is 11.0. The van der Waals surface area contributed by atoms with E-state index in [1.54, 1.807) is 0 Å². The molecule has 14 heavy (non-hydrogen) atoms. The highest BCUT2D eigenvalue weighted by atomic mass is 14.1. The van der Waals surface area contributed by atoms with Crippen molar-refractivity contribution in [1.29, 1.82) is 0 Å². The van der Waals surface area contributed by atoms with Crippen LogP contribution in [0, 0.1) is 6.92 Å². The molecule has 0 spiro atoms. The lowest BCUT2D eigenvalue weighted by Gasteiger charge is -2.11. The summed E-state index contributed by atoms with van der Waals surface area (Å²) in [6, 6.07) is 6.55. The van der Waals surface area contributed by atoms with Gasteiger partial charge in [-0.2, -0.15) is 0 Å². The van der Waals surface area contributed by atoms with Gasteiger partial charge >= 0.3 is 0 Å². The standard InChI is InChI=1S/C11H12.C3H8/c1-9-5-4-7-10-6-2-3-8-11(9)10;1-3-2/h3-5,7-8H,2,6H2,1H3;3H2,1-2H3. The van der Waals surface area contributed by atoms with Crippen molar-refractivity contribution in [1.82, 2.24) is 0 Å². The number of hydrogen-bond acceptors (Lipinski definition) is 0. The van der Waals surface area contributed by atoms with Crippen molar-refractivity contribution >= 4 is 6.08 Å². The average Bonchev–Trinajstić information content (AvgIpc) is 2.20. The molecule has 0 atom stereocenters. The Balaban J connectivity index is 0.000000293. The molecule has 0 aliphatic heterocycles. The first-order valence-electron chi connectivity index (χ1n) is 5.54. The Morgan fingerprint density at radius 3 is 2.57 bits per heavy atom. The van der Waals surface area contributed by atoms with Crippen LogP contribution < -0.4 is 0 Å². The molecule has 1 aromatic rings. The molecule has 0 bridgehead atoms. The van der Waals surface area contributed by atoms with Gasteiger partial charge in [0.2, 0.25) is 0 Å². The maximum Gasteiger partial charge on any atom is -0.0198 e.